The highest BCUT2D eigenvalue weighted by molar-refractivity contribution is 6.23. The van der Waals surface area contributed by atoms with E-state index in [1.54, 1.807) is 18.7 Å². The zero-order chi connectivity index (χ0) is 22.9. The van der Waals surface area contributed by atoms with Gasteiger partial charge in [-0.3, -0.25) is 0 Å². The van der Waals surface area contributed by atoms with Gasteiger partial charge in [0.05, 0.1) is 17.4 Å². The second-order valence-electron chi connectivity index (χ2n) is 8.10. The number of pyridine rings is 1. The third kappa shape index (κ3) is 3.24. The van der Waals surface area contributed by atoms with Gasteiger partial charge in [-0.25, -0.2) is 9.97 Å². The van der Waals surface area contributed by atoms with Crippen LogP contribution in [0.4, 0.5) is 0 Å². The van der Waals surface area contributed by atoms with E-state index in [1.807, 2.05) is 48.5 Å². The van der Waals surface area contributed by atoms with Crippen LogP contribution in [0.25, 0.3) is 54.5 Å². The lowest BCUT2D eigenvalue weighted by molar-refractivity contribution is 0.488. The molecule has 0 aliphatic heterocycles. The first-order valence-electron chi connectivity index (χ1n) is 11.2. The van der Waals surface area contributed by atoms with Gasteiger partial charge in [-0.15, -0.1) is 0 Å². The molecule has 0 aliphatic carbocycles. The highest BCUT2D eigenvalue weighted by atomic mass is 16.3. The molecule has 0 saturated heterocycles. The van der Waals surface area contributed by atoms with E-state index < -0.39 is 0 Å². The van der Waals surface area contributed by atoms with E-state index in [1.165, 1.54) is 5.56 Å². The number of imidazole rings is 1. The number of phenolic OH excluding ortho intramolecular Hbond substituents is 1. The smallest absolute Gasteiger partial charge is 0.131 e. The second kappa shape index (κ2) is 8.34. The van der Waals surface area contributed by atoms with Crippen molar-refractivity contribution in [2.45, 2.75) is 0 Å². The molecule has 0 aliphatic rings. The predicted octanol–water partition coefficient (Wildman–Crippen LogP) is 7.48. The van der Waals surface area contributed by atoms with Crippen molar-refractivity contribution >= 4 is 43.4 Å². The van der Waals surface area contributed by atoms with E-state index in [0.29, 0.717) is 5.75 Å². The summed E-state index contributed by atoms with van der Waals surface area (Å²) in [4.78, 5) is 11.3. The minimum absolute atomic E-state index is 0.336. The van der Waals surface area contributed by atoms with Crippen molar-refractivity contribution < 1.29 is 5.11 Å². The van der Waals surface area contributed by atoms with E-state index in [4.69, 9.17) is 4.98 Å². The van der Waals surface area contributed by atoms with Crippen LogP contribution < -0.4 is 0 Å². The minimum Gasteiger partial charge on any atom is -0.507 e. The molecule has 0 saturated carbocycles. The number of phenols is 1. The van der Waals surface area contributed by atoms with Gasteiger partial charge in [0.25, 0.3) is 0 Å². The maximum atomic E-state index is 11.0. The number of fused-ring (bicyclic) bond motifs is 4. The Kier molecular flexibility index (Phi) is 4.89. The lowest BCUT2D eigenvalue weighted by atomic mass is 9.87. The molecule has 0 amide bonds. The van der Waals surface area contributed by atoms with Crippen molar-refractivity contribution in [3.63, 3.8) is 0 Å². The third-order valence-corrected chi connectivity index (χ3v) is 6.15. The molecule has 4 nitrogen and oxygen atoms in total. The number of para-hydroxylation sites is 2. The van der Waals surface area contributed by atoms with Crippen LogP contribution in [-0.2, 0) is 0 Å². The monoisotopic (exact) mass is 439 g/mol. The first-order chi connectivity index (χ1) is 16.8. The average molecular weight is 440 g/mol. The van der Waals surface area contributed by atoms with E-state index in [9.17, 15) is 5.11 Å². The van der Waals surface area contributed by atoms with Gasteiger partial charge in [0, 0.05) is 39.5 Å². The van der Waals surface area contributed by atoms with E-state index in [0.717, 1.165) is 48.9 Å². The van der Waals surface area contributed by atoms with Crippen LogP contribution in [0.5, 0.6) is 5.75 Å². The van der Waals surface area contributed by atoms with E-state index >= 15 is 0 Å². The molecular weight excluding hydrogens is 418 g/mol. The molecule has 5 aromatic carbocycles. The highest BCUT2D eigenvalue weighted by Crippen LogP contribution is 2.46. The summed E-state index contributed by atoms with van der Waals surface area (Å²) in [6.45, 7) is 0. The molecule has 2 heterocycles. The average Bonchev–Trinajstić information content (AvgIpc) is 3.49. The van der Waals surface area contributed by atoms with Gasteiger partial charge in [-0.2, -0.15) is 0 Å². The van der Waals surface area contributed by atoms with Crippen molar-refractivity contribution in [2.24, 2.45) is 0 Å². The summed E-state index contributed by atoms with van der Waals surface area (Å²) in [5, 5.41) is 17.1. The summed E-state index contributed by atoms with van der Waals surface area (Å²) in [5.74, 6) is 0.336. The fourth-order valence-corrected chi connectivity index (χ4v) is 4.70. The standard InChI is InChI=1S/C27H17NO.C3H4N2/c29-27-19-11-3-1-9-17(19)25(18-10-2-4-12-20(18)27)26-21-13-5-7-15-23(21)28-24-16-8-6-14-22(24)26;1-2-5-3-4-1/h1-16,29H;1-3H,(H,4,5). The Hall–Kier alpha value is -4.70. The number of nitrogens with one attached hydrogen (secondary N) is 1. The number of benzene rings is 5. The summed E-state index contributed by atoms with van der Waals surface area (Å²) < 4.78 is 0. The number of H-pyrrole nitrogens is 1. The molecule has 0 bridgehead atoms. The van der Waals surface area contributed by atoms with E-state index in [2.05, 4.69) is 58.5 Å². The SMILES string of the molecule is Oc1c2ccccc2c(-c2c3ccccc3nc3ccccc23)c2ccccc12.c1c[nH]cn1. The Labute approximate surface area is 196 Å². The molecule has 2 aromatic heterocycles. The quantitative estimate of drug-likeness (QED) is 0.261. The predicted molar refractivity (Wildman–Crippen MR) is 140 cm³/mol. The van der Waals surface area contributed by atoms with Gasteiger partial charge in [0.15, 0.2) is 0 Å². The second-order valence-corrected chi connectivity index (χ2v) is 8.10. The summed E-state index contributed by atoms with van der Waals surface area (Å²) in [5.41, 5.74) is 4.26. The van der Waals surface area contributed by atoms with Crippen LogP contribution >= 0.6 is 0 Å². The largest absolute Gasteiger partial charge is 0.507 e. The van der Waals surface area contributed by atoms with Gasteiger partial charge in [-0.1, -0.05) is 84.9 Å². The summed E-state index contributed by atoms with van der Waals surface area (Å²) in [7, 11) is 0. The van der Waals surface area contributed by atoms with Crippen LogP contribution in [0.15, 0.2) is 116 Å². The Morgan fingerprint density at radius 1 is 0.529 bits per heavy atom. The number of aromatic amines is 1. The first kappa shape index (κ1) is 19.9. The molecule has 162 valence electrons. The van der Waals surface area contributed by atoms with Gasteiger partial charge in [0.1, 0.15) is 5.75 Å². The Balaban J connectivity index is 0.000000388. The van der Waals surface area contributed by atoms with Crippen LogP contribution in [0, 0.1) is 0 Å². The lowest BCUT2D eigenvalue weighted by Crippen LogP contribution is -1.92. The zero-order valence-corrected chi connectivity index (χ0v) is 18.3. The highest BCUT2D eigenvalue weighted by Gasteiger charge is 2.18. The van der Waals surface area contributed by atoms with Gasteiger partial charge in [-0.05, 0) is 28.5 Å². The molecular formula is C30H21N3O. The Morgan fingerprint density at radius 2 is 0.971 bits per heavy atom. The molecule has 2 N–H and O–H groups in total. The number of rotatable bonds is 1. The van der Waals surface area contributed by atoms with Crippen LogP contribution in [0.3, 0.4) is 0 Å². The minimum atomic E-state index is 0.336. The topological polar surface area (TPSA) is 61.8 Å². The van der Waals surface area contributed by atoms with Crippen LogP contribution in [0.2, 0.25) is 0 Å². The Bertz CT molecular complexity index is 1640. The zero-order valence-electron chi connectivity index (χ0n) is 18.3. The Morgan fingerprint density at radius 3 is 1.41 bits per heavy atom. The molecule has 0 spiro atoms. The fraction of sp³-hybridized carbons (Fsp3) is 0. The van der Waals surface area contributed by atoms with Crippen LogP contribution in [-0.4, -0.2) is 20.1 Å². The number of hydrogen-bond acceptors (Lipinski definition) is 3. The van der Waals surface area contributed by atoms with Gasteiger partial charge >= 0.3 is 0 Å². The number of aromatic hydroxyl groups is 1. The lowest BCUT2D eigenvalue weighted by Gasteiger charge is -2.17. The maximum absolute atomic E-state index is 11.0. The van der Waals surface area contributed by atoms with Crippen molar-refractivity contribution in [3.05, 3.63) is 116 Å². The van der Waals surface area contributed by atoms with Crippen molar-refractivity contribution in [2.75, 3.05) is 0 Å². The number of nitrogens with zero attached hydrogens (tertiary/aromatic N) is 2. The van der Waals surface area contributed by atoms with Crippen molar-refractivity contribution in [1.82, 2.24) is 15.0 Å². The summed E-state index contributed by atoms with van der Waals surface area (Å²) in [6.07, 6.45) is 5.08. The summed E-state index contributed by atoms with van der Waals surface area (Å²) in [6, 6.07) is 32.8. The maximum Gasteiger partial charge on any atom is 0.131 e. The molecule has 0 atom stereocenters. The van der Waals surface area contributed by atoms with Crippen molar-refractivity contribution in [1.29, 1.82) is 0 Å². The number of aromatic nitrogens is 3. The molecule has 4 heteroatoms. The molecule has 34 heavy (non-hydrogen) atoms. The van der Waals surface area contributed by atoms with Crippen LogP contribution in [0.1, 0.15) is 0 Å². The molecule has 7 rings (SSSR count). The van der Waals surface area contributed by atoms with Gasteiger partial charge < -0.3 is 10.1 Å². The third-order valence-electron chi connectivity index (χ3n) is 6.15. The first-order valence-corrected chi connectivity index (χ1v) is 11.2. The van der Waals surface area contributed by atoms with Gasteiger partial charge in [0.2, 0.25) is 0 Å². The molecule has 7 aromatic rings. The molecule has 0 radical (unpaired) electrons. The number of hydrogen-bond donors (Lipinski definition) is 2. The summed E-state index contributed by atoms with van der Waals surface area (Å²) >= 11 is 0. The molecule has 0 fully saturated rings. The fourth-order valence-electron chi connectivity index (χ4n) is 4.70. The molecule has 0 unspecified atom stereocenters. The van der Waals surface area contributed by atoms with Crippen molar-refractivity contribution in [3.8, 4) is 16.9 Å². The normalized spacial score (nSPS) is 11.1. The van der Waals surface area contributed by atoms with E-state index in [-0.39, 0.29) is 0 Å².